The van der Waals surface area contributed by atoms with Crippen molar-refractivity contribution < 1.29 is 57.8 Å². The first-order valence-corrected chi connectivity index (χ1v) is 25.6. The van der Waals surface area contributed by atoms with E-state index in [0.717, 1.165) is 21.6 Å². The number of hydrogen-bond acceptors (Lipinski definition) is 16. The van der Waals surface area contributed by atoms with Gasteiger partial charge in [0.2, 0.25) is 65.0 Å². The third-order valence-corrected chi connectivity index (χ3v) is 14.0. The van der Waals surface area contributed by atoms with Crippen LogP contribution in [-0.2, 0) is 59.2 Å². The third-order valence-electron chi connectivity index (χ3n) is 11.5. The zero-order chi connectivity index (χ0) is 53.7. The van der Waals surface area contributed by atoms with Crippen LogP contribution >= 0.6 is 21.6 Å². The van der Waals surface area contributed by atoms with Gasteiger partial charge in [0, 0.05) is 37.4 Å². The lowest BCUT2D eigenvalue weighted by Gasteiger charge is -2.31. The molecule has 11 amide bonds. The monoisotopic (exact) mass is 1050 g/mol. The Balaban J connectivity index is 2.04. The first-order chi connectivity index (χ1) is 34.0. The highest BCUT2D eigenvalue weighted by Gasteiger charge is 2.41. The second kappa shape index (κ2) is 29.5. The maximum atomic E-state index is 14.5. The summed E-state index contributed by atoms with van der Waals surface area (Å²) < 4.78 is 0. The zero-order valence-electron chi connectivity index (χ0n) is 40.0. The predicted molar refractivity (Wildman–Crippen MR) is 265 cm³/mol. The Hall–Kier alpha value is -6.88. The average Bonchev–Trinajstić information content (AvgIpc) is 3.82. The minimum absolute atomic E-state index is 0.00520. The number of phenolic OH excluding ortho intramolecular Hbond substituents is 1. The number of rotatable bonds is 19. The second-order valence-corrected chi connectivity index (χ2v) is 19.8. The van der Waals surface area contributed by atoms with Crippen molar-refractivity contribution in [2.45, 2.75) is 120 Å². The minimum atomic E-state index is -1.78. The normalized spacial score (nSPS) is 23.6. The van der Waals surface area contributed by atoms with Crippen molar-refractivity contribution in [2.24, 2.45) is 45.3 Å². The molecule has 29 heteroatoms. The van der Waals surface area contributed by atoms with Crippen molar-refractivity contribution in [3.8, 4) is 5.75 Å². The number of nitrogens with zero attached hydrogens (tertiary/aromatic N) is 2. The summed E-state index contributed by atoms with van der Waals surface area (Å²) in [5.41, 5.74) is 33.7. The number of benzene rings is 1. The minimum Gasteiger partial charge on any atom is -0.508 e. The van der Waals surface area contributed by atoms with Crippen molar-refractivity contribution >= 4 is 92.5 Å². The molecule has 2 fully saturated rings. The van der Waals surface area contributed by atoms with Gasteiger partial charge in [0.1, 0.15) is 48.0 Å². The van der Waals surface area contributed by atoms with E-state index in [4.69, 9.17) is 34.4 Å². The zero-order valence-corrected chi connectivity index (χ0v) is 41.7. The van der Waals surface area contributed by atoms with Crippen molar-refractivity contribution in [3.63, 3.8) is 0 Å². The van der Waals surface area contributed by atoms with Crippen molar-refractivity contribution in [3.05, 3.63) is 29.8 Å². The number of carbonyl (C=O) groups excluding carboxylic acids is 11. The Kier molecular flexibility index (Phi) is 24.3. The number of guanidine groups is 1. The molecule has 27 nitrogen and oxygen atoms in total. The van der Waals surface area contributed by atoms with Crippen LogP contribution in [0.3, 0.4) is 0 Å². The standard InChI is InChI=1S/C43H67N15O12S2/c1-3-21(2)34-41(69)53-26(12-13-31(45)60)37(65)55-28(17-32(46)61)38(66)56-29(20-72-71-19-24(44)35(63)54-27(39(67)57-34)16-22-8-10-23(59)11-9-22)42(70)58-15-5-7-30(58)40(68)52-25(6-4-14-50-43(48)49)36(64)51-18-33(47)62/h8-11,21,24-30,34,59H,3-7,12-20,44H2,1-2H3,(H2,45,60)(H2,46,61)(H2,47,62)(H,51,64)(H,52,68)(H,53,69)(H,54,63)(H,55,65)(H,56,66)(H,57,67)(H4,48,49,50)/t21-,24+,25-,26+,27+,28-,29-,30+,34-/m0/s1. The van der Waals surface area contributed by atoms with E-state index in [1.807, 2.05) is 0 Å². The summed E-state index contributed by atoms with van der Waals surface area (Å²) in [6, 6.07) is -5.40. The van der Waals surface area contributed by atoms with Gasteiger partial charge in [-0.15, -0.1) is 0 Å². The number of aliphatic imine (C=N–C) groups is 1. The fourth-order valence-electron chi connectivity index (χ4n) is 7.41. The summed E-state index contributed by atoms with van der Waals surface area (Å²) in [5.74, 6) is -10.9. The van der Waals surface area contributed by atoms with E-state index in [-0.39, 0.29) is 62.0 Å². The van der Waals surface area contributed by atoms with Gasteiger partial charge in [-0.25, -0.2) is 0 Å². The van der Waals surface area contributed by atoms with E-state index in [1.54, 1.807) is 13.8 Å². The van der Waals surface area contributed by atoms with Gasteiger partial charge in [-0.2, -0.15) is 0 Å². The van der Waals surface area contributed by atoms with Crippen LogP contribution < -0.4 is 71.6 Å². The Labute approximate surface area is 423 Å². The number of likely N-dealkylation sites (tertiary alicyclic amines) is 1. The summed E-state index contributed by atoms with van der Waals surface area (Å²) in [5, 5.41) is 27.6. The van der Waals surface area contributed by atoms with E-state index in [0.29, 0.717) is 18.4 Å². The Morgan fingerprint density at radius 3 is 2.06 bits per heavy atom. The number of primary amides is 3. The summed E-state index contributed by atoms with van der Waals surface area (Å²) in [6.07, 6.45) is -0.813. The topological polar surface area (TPSA) is 464 Å². The molecule has 0 bridgehead atoms. The van der Waals surface area contributed by atoms with E-state index in [1.165, 1.54) is 29.2 Å². The Bertz CT molecular complexity index is 2170. The molecule has 0 aliphatic carbocycles. The first-order valence-electron chi connectivity index (χ1n) is 23.1. The number of amides is 11. The van der Waals surface area contributed by atoms with Crippen molar-refractivity contribution in [2.75, 3.05) is 31.1 Å². The molecule has 2 saturated heterocycles. The van der Waals surface area contributed by atoms with Gasteiger partial charge < -0.3 is 81.6 Å². The molecule has 1 aromatic rings. The summed E-state index contributed by atoms with van der Waals surface area (Å²) in [4.78, 5) is 152. The lowest BCUT2D eigenvalue weighted by molar-refractivity contribution is -0.142. The number of carbonyl (C=O) groups is 11. The van der Waals surface area contributed by atoms with E-state index in [2.05, 4.69) is 42.2 Å². The van der Waals surface area contributed by atoms with Crippen LogP contribution in [0.15, 0.2) is 29.3 Å². The second-order valence-electron chi connectivity index (χ2n) is 17.2. The van der Waals surface area contributed by atoms with Crippen LogP contribution in [0, 0.1) is 5.92 Å². The SMILES string of the molecule is CC[C@H](C)[C@@H]1NC(=O)[C@@H](Cc2ccc(O)cc2)NC(=O)[C@H](N)CSSC[C@@H](C(=O)N2CCC[C@@H]2C(=O)N[C@@H](CCCN=C(N)N)C(=O)NCC(N)=O)NC(=O)[C@H](CC(N)=O)NC(=O)[C@@H](CCC(N)=O)NC1=O. The van der Waals surface area contributed by atoms with Gasteiger partial charge in [0.15, 0.2) is 5.96 Å². The van der Waals surface area contributed by atoms with Gasteiger partial charge in [-0.3, -0.25) is 57.7 Å². The van der Waals surface area contributed by atoms with Gasteiger partial charge in [-0.05, 0) is 55.7 Å². The molecule has 0 radical (unpaired) electrons. The highest BCUT2D eigenvalue weighted by atomic mass is 33.1. The number of nitrogens with one attached hydrogen (secondary N) is 7. The predicted octanol–water partition coefficient (Wildman–Crippen LogP) is -5.60. The molecular weight excluding hydrogens is 983 g/mol. The molecule has 20 N–H and O–H groups in total. The molecule has 0 aromatic heterocycles. The van der Waals surface area contributed by atoms with Crippen LogP contribution in [0.1, 0.15) is 70.8 Å². The molecule has 2 aliphatic heterocycles. The van der Waals surface area contributed by atoms with Crippen LogP contribution in [0.5, 0.6) is 5.75 Å². The largest absolute Gasteiger partial charge is 0.508 e. The summed E-state index contributed by atoms with van der Waals surface area (Å²) >= 11 is 0. The highest BCUT2D eigenvalue weighted by molar-refractivity contribution is 8.76. The van der Waals surface area contributed by atoms with Crippen molar-refractivity contribution in [1.82, 2.24) is 42.1 Å². The van der Waals surface area contributed by atoms with Crippen LogP contribution in [0.4, 0.5) is 0 Å². The molecule has 9 atom stereocenters. The maximum Gasteiger partial charge on any atom is 0.246 e. The molecule has 0 unspecified atom stereocenters. The van der Waals surface area contributed by atoms with Gasteiger partial charge in [0.25, 0.3) is 0 Å². The number of hydrogen-bond donors (Lipinski definition) is 14. The molecule has 72 heavy (non-hydrogen) atoms. The highest BCUT2D eigenvalue weighted by Crippen LogP contribution is 2.26. The van der Waals surface area contributed by atoms with Gasteiger partial charge in [-0.1, -0.05) is 54.0 Å². The quantitative estimate of drug-likeness (QED) is 0.0266. The molecular formula is C43H67N15O12S2. The van der Waals surface area contributed by atoms with Gasteiger partial charge in [0.05, 0.1) is 19.0 Å². The Morgan fingerprint density at radius 2 is 1.43 bits per heavy atom. The first kappa shape index (κ1) is 59.4. The third kappa shape index (κ3) is 19.7. The van der Waals surface area contributed by atoms with E-state index < -0.39 is 145 Å². The molecule has 1 aromatic carbocycles. The summed E-state index contributed by atoms with van der Waals surface area (Å²) in [7, 11) is 2.00. The molecule has 398 valence electrons. The van der Waals surface area contributed by atoms with Crippen LogP contribution in [0.25, 0.3) is 0 Å². The van der Waals surface area contributed by atoms with Crippen molar-refractivity contribution in [1.29, 1.82) is 0 Å². The smallest absolute Gasteiger partial charge is 0.246 e. The van der Waals surface area contributed by atoms with E-state index >= 15 is 0 Å². The lowest BCUT2D eigenvalue weighted by atomic mass is 9.96. The molecule has 3 rings (SSSR count). The maximum absolute atomic E-state index is 14.5. The van der Waals surface area contributed by atoms with Crippen LogP contribution in [-0.4, -0.2) is 160 Å². The van der Waals surface area contributed by atoms with Crippen LogP contribution in [0.2, 0.25) is 0 Å². The van der Waals surface area contributed by atoms with E-state index in [9.17, 15) is 57.8 Å². The molecule has 0 saturated carbocycles. The molecule has 2 aliphatic rings. The number of phenols is 1. The Morgan fingerprint density at radius 1 is 0.806 bits per heavy atom. The fraction of sp³-hybridized carbons (Fsp3) is 0.581. The summed E-state index contributed by atoms with van der Waals surface area (Å²) in [6.45, 7) is 2.95. The molecule has 2 heterocycles. The molecule has 0 spiro atoms. The number of aromatic hydroxyl groups is 1. The number of nitrogens with two attached hydrogens (primary N) is 6. The fourth-order valence-corrected chi connectivity index (χ4v) is 9.69. The average molecular weight is 1050 g/mol. The lowest BCUT2D eigenvalue weighted by Crippen LogP contribution is -2.61. The van der Waals surface area contributed by atoms with Gasteiger partial charge >= 0.3 is 0 Å².